The van der Waals surface area contributed by atoms with Crippen LogP contribution >= 0.6 is 11.3 Å². The van der Waals surface area contributed by atoms with Crippen molar-refractivity contribution in [2.75, 3.05) is 6.61 Å². The second-order valence-corrected chi connectivity index (χ2v) is 4.97. The molecule has 2 aromatic rings. The molecule has 1 unspecified atom stereocenters. The lowest BCUT2D eigenvalue weighted by atomic mass is 10.1. The maximum absolute atomic E-state index is 10.6. The number of aliphatic hydroxyl groups is 1. The quantitative estimate of drug-likeness (QED) is 0.628. The summed E-state index contributed by atoms with van der Waals surface area (Å²) in [7, 11) is 0. The molecular formula is C13H14N2O3S. The van der Waals surface area contributed by atoms with Crippen molar-refractivity contribution in [1.82, 2.24) is 5.32 Å². The maximum Gasteiger partial charge on any atom is 0.324 e. The van der Waals surface area contributed by atoms with Gasteiger partial charge in [0.1, 0.15) is 0 Å². The van der Waals surface area contributed by atoms with Crippen LogP contribution < -0.4 is 5.32 Å². The van der Waals surface area contributed by atoms with Gasteiger partial charge < -0.3 is 10.4 Å². The van der Waals surface area contributed by atoms with Crippen LogP contribution in [0.3, 0.4) is 0 Å². The van der Waals surface area contributed by atoms with Crippen molar-refractivity contribution in [3.8, 4) is 0 Å². The molecule has 1 aromatic carbocycles. The fourth-order valence-corrected chi connectivity index (χ4v) is 2.49. The van der Waals surface area contributed by atoms with Crippen LogP contribution in [0.15, 0.2) is 41.8 Å². The summed E-state index contributed by atoms with van der Waals surface area (Å²) < 4.78 is 0. The first-order chi connectivity index (χ1) is 9.20. The van der Waals surface area contributed by atoms with Gasteiger partial charge in [0.15, 0.2) is 0 Å². The predicted octanol–water partition coefficient (Wildman–Crippen LogP) is 2.48. The molecule has 0 bridgehead atoms. The third-order valence-corrected chi connectivity index (χ3v) is 3.69. The van der Waals surface area contributed by atoms with Gasteiger partial charge in [0.05, 0.1) is 17.6 Å². The van der Waals surface area contributed by atoms with E-state index in [-0.39, 0.29) is 17.6 Å². The van der Waals surface area contributed by atoms with E-state index in [0.717, 1.165) is 22.5 Å². The summed E-state index contributed by atoms with van der Waals surface area (Å²) in [6.45, 7) is 0.473. The zero-order chi connectivity index (χ0) is 13.7. The highest BCUT2D eigenvalue weighted by atomic mass is 32.1. The van der Waals surface area contributed by atoms with E-state index in [1.165, 1.54) is 0 Å². The highest BCUT2D eigenvalue weighted by Gasteiger charge is 2.12. The molecule has 1 aromatic heterocycles. The monoisotopic (exact) mass is 278 g/mol. The first-order valence-corrected chi connectivity index (χ1v) is 6.69. The lowest BCUT2D eigenvalue weighted by molar-refractivity contribution is -0.380. The SMILES string of the molecule is O=[N+]([O-])c1cc(CNC(CO)c2ccccc2)cs1. The molecule has 0 aliphatic carbocycles. The predicted molar refractivity (Wildman–Crippen MR) is 74.1 cm³/mol. The molecule has 0 aliphatic heterocycles. The average molecular weight is 278 g/mol. The molecular weight excluding hydrogens is 264 g/mol. The molecule has 0 saturated carbocycles. The third kappa shape index (κ3) is 3.60. The van der Waals surface area contributed by atoms with Crippen molar-refractivity contribution in [3.63, 3.8) is 0 Å². The summed E-state index contributed by atoms with van der Waals surface area (Å²) in [6.07, 6.45) is 0. The van der Waals surface area contributed by atoms with Gasteiger partial charge in [-0.25, -0.2) is 0 Å². The van der Waals surface area contributed by atoms with Crippen LogP contribution in [-0.4, -0.2) is 16.6 Å². The molecule has 0 spiro atoms. The zero-order valence-electron chi connectivity index (χ0n) is 10.2. The number of hydrogen-bond acceptors (Lipinski definition) is 5. The van der Waals surface area contributed by atoms with Crippen LogP contribution in [0.2, 0.25) is 0 Å². The summed E-state index contributed by atoms with van der Waals surface area (Å²) in [6, 6.07) is 11.0. The first-order valence-electron chi connectivity index (χ1n) is 5.81. The Bertz CT molecular complexity index is 542. The molecule has 0 amide bonds. The Hall–Kier alpha value is -1.76. The Balaban J connectivity index is 1.98. The summed E-state index contributed by atoms with van der Waals surface area (Å²) in [5.41, 5.74) is 1.85. The van der Waals surface area contributed by atoms with E-state index < -0.39 is 4.92 Å². The van der Waals surface area contributed by atoms with Crippen molar-refractivity contribution >= 4 is 16.3 Å². The van der Waals surface area contributed by atoms with E-state index in [1.807, 2.05) is 30.3 Å². The van der Waals surface area contributed by atoms with Crippen molar-refractivity contribution in [3.05, 3.63) is 63.0 Å². The van der Waals surface area contributed by atoms with E-state index in [9.17, 15) is 15.2 Å². The van der Waals surface area contributed by atoms with Gasteiger partial charge in [0.2, 0.25) is 0 Å². The van der Waals surface area contributed by atoms with Gasteiger partial charge in [0.25, 0.3) is 0 Å². The summed E-state index contributed by atoms with van der Waals surface area (Å²) >= 11 is 1.11. The number of thiophene rings is 1. The maximum atomic E-state index is 10.6. The Morgan fingerprint density at radius 1 is 1.37 bits per heavy atom. The van der Waals surface area contributed by atoms with Gasteiger partial charge in [-0.2, -0.15) is 0 Å². The first kappa shape index (κ1) is 13.7. The molecule has 5 nitrogen and oxygen atoms in total. The van der Waals surface area contributed by atoms with E-state index >= 15 is 0 Å². The number of aliphatic hydroxyl groups excluding tert-OH is 1. The number of rotatable bonds is 6. The molecule has 0 aliphatic rings. The molecule has 6 heteroatoms. The topological polar surface area (TPSA) is 75.4 Å². The molecule has 2 N–H and O–H groups in total. The second kappa shape index (κ2) is 6.42. The van der Waals surface area contributed by atoms with Gasteiger partial charge in [-0.15, -0.1) is 0 Å². The van der Waals surface area contributed by atoms with Gasteiger partial charge in [-0.05, 0) is 11.1 Å². The third-order valence-electron chi connectivity index (χ3n) is 2.76. The summed E-state index contributed by atoms with van der Waals surface area (Å²) in [4.78, 5) is 10.2. The molecule has 19 heavy (non-hydrogen) atoms. The molecule has 0 radical (unpaired) electrons. The highest BCUT2D eigenvalue weighted by molar-refractivity contribution is 7.13. The largest absolute Gasteiger partial charge is 0.394 e. The Morgan fingerprint density at radius 2 is 2.11 bits per heavy atom. The lowest BCUT2D eigenvalue weighted by Gasteiger charge is -2.16. The Kier molecular flexibility index (Phi) is 4.62. The number of benzene rings is 1. The normalized spacial score (nSPS) is 12.3. The number of nitrogens with zero attached hydrogens (tertiary/aromatic N) is 1. The molecule has 1 heterocycles. The van der Waals surface area contributed by atoms with E-state index in [0.29, 0.717) is 6.54 Å². The minimum atomic E-state index is -0.394. The number of hydrogen-bond donors (Lipinski definition) is 2. The summed E-state index contributed by atoms with van der Waals surface area (Å²) in [5.74, 6) is 0. The Morgan fingerprint density at radius 3 is 2.68 bits per heavy atom. The van der Waals surface area contributed by atoms with Crippen LogP contribution in [0.1, 0.15) is 17.2 Å². The average Bonchev–Trinajstić information content (AvgIpc) is 2.90. The van der Waals surface area contributed by atoms with E-state index in [2.05, 4.69) is 5.32 Å². The second-order valence-electron chi connectivity index (χ2n) is 4.08. The Labute approximate surface area is 114 Å². The van der Waals surface area contributed by atoms with Crippen molar-refractivity contribution in [2.45, 2.75) is 12.6 Å². The van der Waals surface area contributed by atoms with Crippen LogP contribution in [0, 0.1) is 10.1 Å². The number of nitrogens with one attached hydrogen (secondary N) is 1. The lowest BCUT2D eigenvalue weighted by Crippen LogP contribution is -2.23. The van der Waals surface area contributed by atoms with Crippen molar-refractivity contribution < 1.29 is 10.0 Å². The number of nitro groups is 1. The molecule has 0 saturated heterocycles. The van der Waals surface area contributed by atoms with Gasteiger partial charge in [-0.3, -0.25) is 10.1 Å². The highest BCUT2D eigenvalue weighted by Crippen LogP contribution is 2.23. The van der Waals surface area contributed by atoms with E-state index in [1.54, 1.807) is 11.4 Å². The standard InChI is InChI=1S/C13H14N2O3S/c16-8-12(11-4-2-1-3-5-11)14-7-10-6-13(15(17)18)19-9-10/h1-6,9,12,14,16H,7-8H2. The fraction of sp³-hybridized carbons (Fsp3) is 0.231. The van der Waals surface area contributed by atoms with Crippen molar-refractivity contribution in [1.29, 1.82) is 0 Å². The molecule has 1 atom stereocenters. The minimum absolute atomic E-state index is 0.0176. The van der Waals surface area contributed by atoms with Gasteiger partial charge >= 0.3 is 5.00 Å². The van der Waals surface area contributed by atoms with Crippen LogP contribution in [0.5, 0.6) is 0 Å². The minimum Gasteiger partial charge on any atom is -0.394 e. The van der Waals surface area contributed by atoms with Crippen LogP contribution in [-0.2, 0) is 6.54 Å². The molecule has 100 valence electrons. The van der Waals surface area contributed by atoms with Gasteiger partial charge in [-0.1, -0.05) is 41.7 Å². The van der Waals surface area contributed by atoms with Gasteiger partial charge in [0, 0.05) is 18.0 Å². The molecule has 2 rings (SSSR count). The zero-order valence-corrected chi connectivity index (χ0v) is 11.0. The van der Waals surface area contributed by atoms with Crippen LogP contribution in [0.25, 0.3) is 0 Å². The van der Waals surface area contributed by atoms with E-state index in [4.69, 9.17) is 0 Å². The van der Waals surface area contributed by atoms with Crippen molar-refractivity contribution in [2.24, 2.45) is 0 Å². The van der Waals surface area contributed by atoms with Crippen LogP contribution in [0.4, 0.5) is 5.00 Å². The summed E-state index contributed by atoms with van der Waals surface area (Å²) in [5, 5.41) is 25.0. The molecule has 0 fully saturated rings. The fourth-order valence-electron chi connectivity index (χ4n) is 1.77. The smallest absolute Gasteiger partial charge is 0.324 e.